The number of methoxy groups -OCH3 is 3. The molecule has 0 aromatic carbocycles. The average molecular weight is 303 g/mol. The van der Waals surface area contributed by atoms with Crippen LogP contribution in [-0.4, -0.2) is 64.3 Å². The number of carbonyl (C=O) groups excluding carboxylic acids is 2. The van der Waals surface area contributed by atoms with E-state index in [1.54, 1.807) is 0 Å². The van der Waals surface area contributed by atoms with Crippen molar-refractivity contribution in [1.29, 1.82) is 5.26 Å². The summed E-state index contributed by atoms with van der Waals surface area (Å²) in [6.07, 6.45) is -3.91. The van der Waals surface area contributed by atoms with Gasteiger partial charge in [-0.05, 0) is 0 Å². The van der Waals surface area contributed by atoms with Crippen molar-refractivity contribution in [2.75, 3.05) is 27.9 Å². The molecule has 0 aromatic heterocycles. The Labute approximate surface area is 123 Å². The molecule has 8 heteroatoms. The van der Waals surface area contributed by atoms with Crippen LogP contribution in [0.25, 0.3) is 0 Å². The first-order valence-electron chi connectivity index (χ1n) is 6.19. The molecular weight excluding hydrogens is 282 g/mol. The lowest BCUT2D eigenvalue weighted by atomic mass is 10.0. The largest absolute Gasteiger partial charge is 0.456 e. The second-order valence-corrected chi connectivity index (χ2v) is 4.16. The fraction of sp³-hybridized carbons (Fsp3) is 0.769. The molecule has 8 nitrogen and oxygen atoms in total. The van der Waals surface area contributed by atoms with Crippen LogP contribution in [0.15, 0.2) is 0 Å². The molecule has 0 aliphatic carbocycles. The highest BCUT2D eigenvalue weighted by molar-refractivity contribution is 5.67. The van der Waals surface area contributed by atoms with Crippen molar-refractivity contribution >= 4 is 11.9 Å². The number of carbonyl (C=O) groups is 2. The summed E-state index contributed by atoms with van der Waals surface area (Å²) in [6, 6.07) is 1.89. The number of ether oxygens (including phenoxy) is 5. The molecule has 0 saturated carbocycles. The van der Waals surface area contributed by atoms with Crippen molar-refractivity contribution < 1.29 is 33.3 Å². The van der Waals surface area contributed by atoms with Gasteiger partial charge < -0.3 is 23.7 Å². The summed E-state index contributed by atoms with van der Waals surface area (Å²) in [5, 5.41) is 9.07. The van der Waals surface area contributed by atoms with Gasteiger partial charge in [-0.2, -0.15) is 5.26 Å². The second-order valence-electron chi connectivity index (χ2n) is 4.16. The molecular formula is C13H21NO7. The van der Waals surface area contributed by atoms with Gasteiger partial charge in [-0.3, -0.25) is 9.59 Å². The van der Waals surface area contributed by atoms with Crippen LogP contribution >= 0.6 is 0 Å². The third kappa shape index (κ3) is 6.53. The van der Waals surface area contributed by atoms with Crippen molar-refractivity contribution in [2.24, 2.45) is 0 Å². The molecule has 0 aromatic rings. The van der Waals surface area contributed by atoms with Gasteiger partial charge in [0.15, 0.2) is 18.3 Å². The summed E-state index contributed by atoms with van der Waals surface area (Å²) in [5.74, 6) is -1.18. The van der Waals surface area contributed by atoms with E-state index in [0.717, 1.165) is 0 Å². The van der Waals surface area contributed by atoms with Gasteiger partial charge in [0.05, 0.1) is 12.7 Å². The third-order valence-electron chi connectivity index (χ3n) is 2.59. The standard InChI is InChI=1S/C13H21NO7/c1-8(15)20-11(7-17-3)13(21-9(2)16)12(19-5)10(6-14)18-4/h10-13H,7H2,1-5H3. The van der Waals surface area contributed by atoms with Gasteiger partial charge in [-0.25, -0.2) is 0 Å². The van der Waals surface area contributed by atoms with Crippen LogP contribution in [0, 0.1) is 11.3 Å². The first kappa shape index (κ1) is 19.3. The Kier molecular flexibility index (Phi) is 9.28. The zero-order valence-corrected chi connectivity index (χ0v) is 12.8. The van der Waals surface area contributed by atoms with Crippen LogP contribution in [0.2, 0.25) is 0 Å². The maximum atomic E-state index is 11.3. The van der Waals surface area contributed by atoms with E-state index in [1.807, 2.05) is 6.07 Å². The average Bonchev–Trinajstić information content (AvgIpc) is 2.41. The number of esters is 2. The van der Waals surface area contributed by atoms with Gasteiger partial charge >= 0.3 is 11.9 Å². The molecule has 0 radical (unpaired) electrons. The molecule has 0 aliphatic heterocycles. The molecule has 0 saturated heterocycles. The monoisotopic (exact) mass is 303 g/mol. The molecule has 0 rings (SSSR count). The first-order chi connectivity index (χ1) is 9.90. The highest BCUT2D eigenvalue weighted by Crippen LogP contribution is 2.18. The summed E-state index contributed by atoms with van der Waals surface area (Å²) in [7, 11) is 4.06. The molecule has 0 spiro atoms. The molecule has 0 bridgehead atoms. The molecule has 0 amide bonds. The van der Waals surface area contributed by atoms with Crippen molar-refractivity contribution in [2.45, 2.75) is 38.3 Å². The van der Waals surface area contributed by atoms with Crippen molar-refractivity contribution in [3.63, 3.8) is 0 Å². The Morgan fingerprint density at radius 2 is 1.57 bits per heavy atom. The maximum absolute atomic E-state index is 11.3. The lowest BCUT2D eigenvalue weighted by Gasteiger charge is -2.32. The summed E-state index contributed by atoms with van der Waals surface area (Å²) in [5.41, 5.74) is 0. The summed E-state index contributed by atoms with van der Waals surface area (Å²) in [6.45, 7) is 2.39. The number of nitrogens with zero attached hydrogens (tertiary/aromatic N) is 1. The fourth-order valence-corrected chi connectivity index (χ4v) is 1.81. The minimum absolute atomic E-state index is 0.0285. The van der Waals surface area contributed by atoms with E-state index in [2.05, 4.69) is 0 Å². The summed E-state index contributed by atoms with van der Waals surface area (Å²) < 4.78 is 25.4. The number of hydrogen-bond donors (Lipinski definition) is 0. The van der Waals surface area contributed by atoms with E-state index in [0.29, 0.717) is 0 Å². The zero-order valence-electron chi connectivity index (χ0n) is 12.8. The molecule has 21 heavy (non-hydrogen) atoms. The molecule has 120 valence electrons. The minimum atomic E-state index is -1.04. The van der Waals surface area contributed by atoms with Crippen LogP contribution in [0.5, 0.6) is 0 Å². The molecule has 0 fully saturated rings. The van der Waals surface area contributed by atoms with Crippen LogP contribution in [0.4, 0.5) is 0 Å². The maximum Gasteiger partial charge on any atom is 0.303 e. The van der Waals surface area contributed by atoms with Crippen molar-refractivity contribution in [3.05, 3.63) is 0 Å². The number of nitriles is 1. The topological polar surface area (TPSA) is 104 Å². The second kappa shape index (κ2) is 10.1. The van der Waals surface area contributed by atoms with E-state index in [-0.39, 0.29) is 6.61 Å². The van der Waals surface area contributed by atoms with E-state index >= 15 is 0 Å². The van der Waals surface area contributed by atoms with Gasteiger partial charge in [-0.15, -0.1) is 0 Å². The predicted octanol–water partition coefficient (Wildman–Crippen LogP) is 0.0498. The summed E-state index contributed by atoms with van der Waals surface area (Å²) in [4.78, 5) is 22.5. The van der Waals surface area contributed by atoms with Gasteiger partial charge in [0, 0.05) is 35.2 Å². The van der Waals surface area contributed by atoms with Crippen molar-refractivity contribution in [1.82, 2.24) is 0 Å². The number of hydrogen-bond acceptors (Lipinski definition) is 8. The van der Waals surface area contributed by atoms with Crippen molar-refractivity contribution in [3.8, 4) is 6.07 Å². The van der Waals surface area contributed by atoms with E-state index in [9.17, 15) is 9.59 Å². The molecule has 4 unspecified atom stereocenters. The minimum Gasteiger partial charge on any atom is -0.456 e. The van der Waals surface area contributed by atoms with E-state index in [4.69, 9.17) is 28.9 Å². The quantitative estimate of drug-likeness (QED) is 0.550. The Bertz CT molecular complexity index is 379. The Balaban J connectivity index is 5.41. The Morgan fingerprint density at radius 3 is 1.90 bits per heavy atom. The molecule has 4 atom stereocenters. The van der Waals surface area contributed by atoms with Crippen LogP contribution < -0.4 is 0 Å². The van der Waals surface area contributed by atoms with Crippen LogP contribution in [0.1, 0.15) is 13.8 Å². The van der Waals surface area contributed by atoms with Crippen LogP contribution in [0.3, 0.4) is 0 Å². The highest BCUT2D eigenvalue weighted by atomic mass is 16.6. The highest BCUT2D eigenvalue weighted by Gasteiger charge is 2.40. The molecule has 0 aliphatic rings. The molecule has 0 N–H and O–H groups in total. The lowest BCUT2D eigenvalue weighted by molar-refractivity contribution is -0.188. The number of rotatable bonds is 9. The van der Waals surface area contributed by atoms with Gasteiger partial charge in [0.25, 0.3) is 0 Å². The zero-order chi connectivity index (χ0) is 16.4. The Morgan fingerprint density at radius 1 is 1.00 bits per heavy atom. The smallest absolute Gasteiger partial charge is 0.303 e. The normalized spacial score (nSPS) is 16.2. The first-order valence-corrected chi connectivity index (χ1v) is 6.19. The van der Waals surface area contributed by atoms with E-state index in [1.165, 1.54) is 35.2 Å². The van der Waals surface area contributed by atoms with Gasteiger partial charge in [0.1, 0.15) is 6.10 Å². The summed E-state index contributed by atoms with van der Waals surface area (Å²) >= 11 is 0. The predicted molar refractivity (Wildman–Crippen MR) is 70.2 cm³/mol. The van der Waals surface area contributed by atoms with E-state index < -0.39 is 36.4 Å². The van der Waals surface area contributed by atoms with Crippen LogP contribution in [-0.2, 0) is 33.3 Å². The van der Waals surface area contributed by atoms with Gasteiger partial charge in [-0.1, -0.05) is 0 Å². The SMILES string of the molecule is COCC(OC(C)=O)C(OC(C)=O)C(OC)C(C#N)OC. The fourth-order valence-electron chi connectivity index (χ4n) is 1.81. The molecule has 0 heterocycles. The lowest BCUT2D eigenvalue weighted by Crippen LogP contribution is -2.51. The van der Waals surface area contributed by atoms with Gasteiger partial charge in [0.2, 0.25) is 0 Å². The third-order valence-corrected chi connectivity index (χ3v) is 2.59. The Hall–Kier alpha value is -1.69.